The molecular formula is C30H47NO11. The number of hydrogen-bond acceptors (Lipinski definition) is 11. The largest absolute Gasteiger partial charge is 0.513 e. The summed E-state index contributed by atoms with van der Waals surface area (Å²) in [6.45, 7) is 10.00. The highest BCUT2D eigenvalue weighted by molar-refractivity contribution is 5.75. The average molecular weight is 598 g/mol. The van der Waals surface area contributed by atoms with E-state index in [2.05, 4.69) is 0 Å². The minimum absolute atomic E-state index is 0.00642. The predicted molar refractivity (Wildman–Crippen MR) is 154 cm³/mol. The second kappa shape index (κ2) is 20.4. The minimum atomic E-state index is -1.41. The predicted octanol–water partition coefficient (Wildman–Crippen LogP) is 6.57. The number of rotatable bonds is 19. The van der Waals surface area contributed by atoms with E-state index in [1.165, 1.54) is 18.2 Å². The summed E-state index contributed by atoms with van der Waals surface area (Å²) in [6.07, 6.45) is 2.10. The van der Waals surface area contributed by atoms with E-state index in [0.717, 1.165) is 32.1 Å². The molecule has 0 spiro atoms. The van der Waals surface area contributed by atoms with Crippen molar-refractivity contribution in [2.75, 3.05) is 19.8 Å². The minimum Gasteiger partial charge on any atom is -0.480 e. The molecule has 4 atom stereocenters. The molecule has 0 aliphatic heterocycles. The number of aliphatic carboxylic acids is 1. The van der Waals surface area contributed by atoms with Crippen LogP contribution < -0.4 is 15.2 Å². The summed E-state index contributed by atoms with van der Waals surface area (Å²) in [6, 6.07) is 2.77. The van der Waals surface area contributed by atoms with Crippen LogP contribution in [0.25, 0.3) is 0 Å². The number of hydrogen-bond donors (Lipinski definition) is 2. The molecule has 0 fully saturated rings. The second-order valence-corrected chi connectivity index (χ2v) is 10.2. The van der Waals surface area contributed by atoms with E-state index in [4.69, 9.17) is 34.2 Å². The molecule has 1 aromatic rings. The number of carboxylic acids is 1. The third-order valence-electron chi connectivity index (χ3n) is 6.50. The molecule has 0 aliphatic rings. The highest BCUT2D eigenvalue weighted by Crippen LogP contribution is 2.35. The van der Waals surface area contributed by atoms with Crippen molar-refractivity contribution in [3.05, 3.63) is 23.8 Å². The monoisotopic (exact) mass is 597 g/mol. The van der Waals surface area contributed by atoms with Crippen LogP contribution in [-0.4, -0.2) is 61.5 Å². The molecule has 1 aromatic carbocycles. The molecule has 0 saturated heterocycles. The first-order valence-electron chi connectivity index (χ1n) is 14.7. The number of unbranched alkanes of at least 4 members (excludes halogenated alkanes) is 4. The lowest BCUT2D eigenvalue weighted by molar-refractivity contribution is -0.139. The lowest BCUT2D eigenvalue weighted by Gasteiger charge is -2.25. The van der Waals surface area contributed by atoms with Crippen LogP contribution >= 0.6 is 0 Å². The average Bonchev–Trinajstić information content (AvgIpc) is 2.95. The maximum atomic E-state index is 12.4. The van der Waals surface area contributed by atoms with Crippen molar-refractivity contribution in [1.82, 2.24) is 0 Å². The van der Waals surface area contributed by atoms with Crippen molar-refractivity contribution in [2.45, 2.75) is 104 Å². The van der Waals surface area contributed by atoms with Gasteiger partial charge in [-0.15, -0.1) is 0 Å². The summed E-state index contributed by atoms with van der Waals surface area (Å²) in [7, 11) is 0. The van der Waals surface area contributed by atoms with Gasteiger partial charge in [0.25, 0.3) is 0 Å². The van der Waals surface area contributed by atoms with Gasteiger partial charge in [0.2, 0.25) is 0 Å². The molecule has 0 saturated carbocycles. The molecule has 238 valence electrons. The standard InChI is InChI=1S/C30H47NO11/c1-6-9-11-15-37-28(34)41-24-14-13-22(18-25(24)42-29(35)38-16-12-10-7-2)23(26(31)27(32)33)17-21(5)40-30(36)39-19-20(4)8-3/h13-14,18,20-21,23,26H,6-12,15-17,19,31H2,1-5H3,(H,32,33)/t20?,21?,23?,26-/m0/s1. The van der Waals surface area contributed by atoms with Crippen LogP contribution in [0.4, 0.5) is 14.4 Å². The molecule has 0 heterocycles. The van der Waals surface area contributed by atoms with Crippen LogP contribution in [-0.2, 0) is 23.7 Å². The van der Waals surface area contributed by atoms with Crippen molar-refractivity contribution < 1.29 is 52.7 Å². The third kappa shape index (κ3) is 14.4. The van der Waals surface area contributed by atoms with Gasteiger partial charge in [-0.05, 0) is 49.8 Å². The Morgan fingerprint density at radius 1 is 0.810 bits per heavy atom. The summed E-state index contributed by atoms with van der Waals surface area (Å²) in [5.41, 5.74) is 6.36. The highest BCUT2D eigenvalue weighted by atomic mass is 16.7. The van der Waals surface area contributed by atoms with Crippen molar-refractivity contribution in [3.63, 3.8) is 0 Å². The zero-order chi connectivity index (χ0) is 31.5. The number of carbonyl (C=O) groups excluding carboxylic acids is 3. The van der Waals surface area contributed by atoms with E-state index in [1.807, 2.05) is 27.7 Å². The Morgan fingerprint density at radius 3 is 1.90 bits per heavy atom. The topological polar surface area (TPSA) is 170 Å². The summed E-state index contributed by atoms with van der Waals surface area (Å²) >= 11 is 0. The summed E-state index contributed by atoms with van der Waals surface area (Å²) in [5, 5.41) is 9.68. The van der Waals surface area contributed by atoms with Crippen LogP contribution in [0.5, 0.6) is 11.5 Å². The van der Waals surface area contributed by atoms with Gasteiger partial charge < -0.3 is 39.3 Å². The molecule has 12 nitrogen and oxygen atoms in total. The van der Waals surface area contributed by atoms with Gasteiger partial charge in [-0.3, -0.25) is 4.79 Å². The van der Waals surface area contributed by atoms with Gasteiger partial charge >= 0.3 is 24.4 Å². The van der Waals surface area contributed by atoms with E-state index in [-0.39, 0.29) is 43.7 Å². The van der Waals surface area contributed by atoms with Gasteiger partial charge in [0.05, 0.1) is 19.8 Å². The number of nitrogens with two attached hydrogens (primary N) is 1. The second-order valence-electron chi connectivity index (χ2n) is 10.2. The van der Waals surface area contributed by atoms with Crippen LogP contribution in [0.15, 0.2) is 18.2 Å². The van der Waals surface area contributed by atoms with Crippen LogP contribution in [0.1, 0.15) is 97.5 Å². The molecule has 42 heavy (non-hydrogen) atoms. The SMILES string of the molecule is CCCCCOC(=O)Oc1ccc(C(CC(C)OC(=O)OCC(C)CC)[C@H](N)C(=O)O)cc1OC(=O)OCCCCC. The van der Waals surface area contributed by atoms with Crippen molar-refractivity contribution >= 4 is 24.4 Å². The summed E-state index contributed by atoms with van der Waals surface area (Å²) in [5.74, 6) is -2.35. The lowest BCUT2D eigenvalue weighted by atomic mass is 9.87. The molecule has 12 heteroatoms. The summed E-state index contributed by atoms with van der Waals surface area (Å²) in [4.78, 5) is 48.7. The number of carbonyl (C=O) groups is 4. The summed E-state index contributed by atoms with van der Waals surface area (Å²) < 4.78 is 31.3. The zero-order valence-electron chi connectivity index (χ0n) is 25.4. The highest BCUT2D eigenvalue weighted by Gasteiger charge is 2.30. The van der Waals surface area contributed by atoms with Crippen molar-refractivity contribution in [3.8, 4) is 11.5 Å². The van der Waals surface area contributed by atoms with Crippen LogP contribution in [0, 0.1) is 5.92 Å². The Morgan fingerprint density at radius 2 is 1.38 bits per heavy atom. The van der Waals surface area contributed by atoms with Crippen molar-refractivity contribution in [2.24, 2.45) is 11.7 Å². The van der Waals surface area contributed by atoms with Gasteiger partial charge in [0.15, 0.2) is 11.5 Å². The van der Waals surface area contributed by atoms with Crippen LogP contribution in [0.2, 0.25) is 0 Å². The Kier molecular flexibility index (Phi) is 17.7. The molecule has 1 rings (SSSR count). The maximum absolute atomic E-state index is 12.4. The number of carboxylic acid groups (broad SMARTS) is 1. The Labute approximate surface area is 248 Å². The normalized spacial score (nSPS) is 13.7. The Bertz CT molecular complexity index is 984. The fourth-order valence-electron chi connectivity index (χ4n) is 3.77. The first kappa shape index (κ1) is 36.5. The van der Waals surface area contributed by atoms with Crippen molar-refractivity contribution in [1.29, 1.82) is 0 Å². The first-order chi connectivity index (χ1) is 20.0. The van der Waals surface area contributed by atoms with E-state index >= 15 is 0 Å². The number of benzene rings is 1. The third-order valence-corrected chi connectivity index (χ3v) is 6.50. The van der Waals surface area contributed by atoms with E-state index in [1.54, 1.807) is 6.92 Å². The van der Waals surface area contributed by atoms with E-state index < -0.39 is 42.5 Å². The Balaban J connectivity index is 3.18. The molecule has 3 unspecified atom stereocenters. The first-order valence-corrected chi connectivity index (χ1v) is 14.7. The lowest BCUT2D eigenvalue weighted by Crippen LogP contribution is -2.38. The molecule has 3 N–H and O–H groups in total. The van der Waals surface area contributed by atoms with Gasteiger partial charge in [-0.2, -0.15) is 0 Å². The molecule has 0 amide bonds. The van der Waals surface area contributed by atoms with E-state index in [0.29, 0.717) is 18.4 Å². The maximum Gasteiger partial charge on any atom is 0.513 e. The Hall–Kier alpha value is -3.54. The fourth-order valence-corrected chi connectivity index (χ4v) is 3.77. The molecule has 0 aliphatic carbocycles. The van der Waals surface area contributed by atoms with Gasteiger partial charge in [-0.25, -0.2) is 14.4 Å². The molecule has 0 radical (unpaired) electrons. The zero-order valence-corrected chi connectivity index (χ0v) is 25.4. The molecule has 0 bridgehead atoms. The smallest absolute Gasteiger partial charge is 0.480 e. The molecule has 0 aromatic heterocycles. The van der Waals surface area contributed by atoms with Gasteiger partial charge in [0, 0.05) is 5.92 Å². The van der Waals surface area contributed by atoms with Gasteiger partial charge in [0.1, 0.15) is 12.1 Å². The van der Waals surface area contributed by atoms with E-state index in [9.17, 15) is 24.3 Å². The van der Waals surface area contributed by atoms with Gasteiger partial charge in [-0.1, -0.05) is 65.9 Å². The molecular weight excluding hydrogens is 550 g/mol. The van der Waals surface area contributed by atoms with Crippen LogP contribution in [0.3, 0.4) is 0 Å². The quantitative estimate of drug-likeness (QED) is 0.0762. The number of ether oxygens (including phenoxy) is 6. The fraction of sp³-hybridized carbons (Fsp3) is 0.667.